The fraction of sp³-hybridized carbons (Fsp3) is 0.870. The molecule has 0 aromatic heterocycles. The second-order valence-electron chi connectivity index (χ2n) is 16.6. The first-order valence-corrected chi connectivity index (χ1v) is 25.1. The third-order valence-corrected chi connectivity index (χ3v) is 12.0. The largest absolute Gasteiger partial charge is 0.472 e. The van der Waals surface area contributed by atoms with E-state index in [0.717, 1.165) is 70.6 Å². The molecule has 1 rings (SSSR count). The maximum Gasteiger partial charge on any atom is 0.472 e. The number of ether oxygens (including phenoxy) is 2. The highest BCUT2D eigenvalue weighted by atomic mass is 31.2. The molecule has 0 aliphatic heterocycles. The Morgan fingerprint density at radius 3 is 1.37 bits per heavy atom. The number of aliphatic hydroxyl groups excluding tert-OH is 5. The maximum absolute atomic E-state index is 12.8. The number of hydrogen-bond acceptors (Lipinski definition) is 12. The van der Waals surface area contributed by atoms with Gasteiger partial charge in [-0.3, -0.25) is 18.6 Å². The van der Waals surface area contributed by atoms with Gasteiger partial charge in [0.2, 0.25) is 0 Å². The number of aliphatic hydroxyl groups is 5. The van der Waals surface area contributed by atoms with Gasteiger partial charge < -0.3 is 39.9 Å². The molecule has 352 valence electrons. The summed E-state index contributed by atoms with van der Waals surface area (Å²) in [5, 5.41) is 50.1. The molecule has 0 aromatic carbocycles. The van der Waals surface area contributed by atoms with Crippen LogP contribution in [0.15, 0.2) is 24.3 Å². The van der Waals surface area contributed by atoms with E-state index in [1.807, 2.05) is 0 Å². The van der Waals surface area contributed by atoms with Gasteiger partial charge >= 0.3 is 19.8 Å². The molecule has 1 fully saturated rings. The minimum Gasteiger partial charge on any atom is -0.462 e. The van der Waals surface area contributed by atoms with E-state index in [2.05, 4.69) is 38.2 Å². The lowest BCUT2D eigenvalue weighted by Crippen LogP contribution is -2.64. The van der Waals surface area contributed by atoms with Crippen LogP contribution in [0.4, 0.5) is 0 Å². The summed E-state index contributed by atoms with van der Waals surface area (Å²) in [7, 11) is -5.12. The molecule has 6 atom stereocenters. The fourth-order valence-electron chi connectivity index (χ4n) is 7.20. The van der Waals surface area contributed by atoms with Gasteiger partial charge in [0.1, 0.15) is 43.2 Å². The zero-order valence-electron chi connectivity index (χ0n) is 37.3. The molecule has 6 unspecified atom stereocenters. The molecule has 6 N–H and O–H groups in total. The van der Waals surface area contributed by atoms with E-state index >= 15 is 0 Å². The molecule has 0 radical (unpaired) electrons. The Hall–Kier alpha value is -1.67. The molecule has 0 amide bonds. The predicted octanol–water partition coefficient (Wildman–Crippen LogP) is 9.23. The summed E-state index contributed by atoms with van der Waals surface area (Å²) >= 11 is 0. The number of allylic oxidation sites excluding steroid dienone is 4. The van der Waals surface area contributed by atoms with Gasteiger partial charge in [-0.2, -0.15) is 0 Å². The van der Waals surface area contributed by atoms with Crippen LogP contribution in [0.2, 0.25) is 0 Å². The summed E-state index contributed by atoms with van der Waals surface area (Å²) in [5.74, 6) is -1.10. The molecule has 0 bridgehead atoms. The third-order valence-electron chi connectivity index (χ3n) is 11.0. The van der Waals surface area contributed by atoms with Crippen LogP contribution in [0, 0.1) is 0 Å². The molecule has 1 saturated carbocycles. The number of phosphoric ester groups is 1. The van der Waals surface area contributed by atoms with Gasteiger partial charge in [-0.25, -0.2) is 4.57 Å². The molecule has 60 heavy (non-hydrogen) atoms. The number of esters is 2. The molecule has 0 saturated heterocycles. The third kappa shape index (κ3) is 28.8. The SMILES string of the molecule is CCCCCC/C=C\C/C=C\CCCCCCCCCC(=O)OC(COC(=O)CCCCCCCCCCCCCCC)COP(=O)(O)OC1C(O)C(O)C(O)C(O)C1O. The Balaban J connectivity index is 2.45. The summed E-state index contributed by atoms with van der Waals surface area (Å²) in [6.45, 7) is 3.28. The Bertz CT molecular complexity index is 1150. The lowest BCUT2D eigenvalue weighted by Gasteiger charge is -2.41. The first-order chi connectivity index (χ1) is 28.9. The van der Waals surface area contributed by atoms with Crippen molar-refractivity contribution < 1.29 is 63.1 Å². The normalized spacial score (nSPS) is 22.3. The van der Waals surface area contributed by atoms with Crippen LogP contribution in [0.25, 0.3) is 0 Å². The summed E-state index contributed by atoms with van der Waals surface area (Å²) in [6, 6.07) is 0. The topological polar surface area (TPSA) is 210 Å². The van der Waals surface area contributed by atoms with Crippen LogP contribution >= 0.6 is 7.82 Å². The van der Waals surface area contributed by atoms with Crippen molar-refractivity contribution in [3.05, 3.63) is 24.3 Å². The van der Waals surface area contributed by atoms with E-state index in [9.17, 15) is 44.6 Å². The molecule has 14 heteroatoms. The van der Waals surface area contributed by atoms with Crippen molar-refractivity contribution in [3.8, 4) is 0 Å². The smallest absolute Gasteiger partial charge is 0.462 e. The Labute approximate surface area is 362 Å². The molecular formula is C46H85O13P. The molecule has 0 spiro atoms. The minimum atomic E-state index is -5.12. The lowest BCUT2D eigenvalue weighted by atomic mass is 9.85. The molecule has 1 aliphatic rings. The van der Waals surface area contributed by atoms with Gasteiger partial charge in [0.15, 0.2) is 6.10 Å². The van der Waals surface area contributed by atoms with E-state index in [4.69, 9.17) is 18.5 Å². The van der Waals surface area contributed by atoms with Gasteiger partial charge in [-0.05, 0) is 44.9 Å². The number of phosphoric acid groups is 1. The van der Waals surface area contributed by atoms with Crippen molar-refractivity contribution >= 4 is 19.8 Å². The summed E-state index contributed by atoms with van der Waals surface area (Å²) in [4.78, 5) is 35.7. The second-order valence-corrected chi connectivity index (χ2v) is 18.0. The van der Waals surface area contributed by atoms with E-state index in [1.54, 1.807) is 0 Å². The van der Waals surface area contributed by atoms with Gasteiger partial charge in [-0.1, -0.05) is 167 Å². The average molecular weight is 877 g/mol. The molecule has 0 heterocycles. The fourth-order valence-corrected chi connectivity index (χ4v) is 8.17. The van der Waals surface area contributed by atoms with E-state index < -0.39 is 75.7 Å². The summed E-state index contributed by atoms with van der Waals surface area (Å²) in [5.41, 5.74) is 0. The van der Waals surface area contributed by atoms with E-state index in [1.165, 1.54) is 89.9 Å². The molecule has 1 aliphatic carbocycles. The minimum absolute atomic E-state index is 0.0905. The van der Waals surface area contributed by atoms with Crippen molar-refractivity contribution in [3.63, 3.8) is 0 Å². The highest BCUT2D eigenvalue weighted by Crippen LogP contribution is 2.47. The molecule has 13 nitrogen and oxygen atoms in total. The standard InChI is InChI=1S/C46H85O13P/c1-3-5-7-9-11-13-15-17-18-19-20-21-23-25-27-29-31-33-35-40(48)58-38(37-57-60(54,55)59-46-44(52)42(50)41(49)43(51)45(46)53)36-56-39(47)34-32-30-28-26-24-22-16-14-12-10-8-6-4-2/h13,15,18-19,38,41-46,49-53H,3-12,14,16-17,20-37H2,1-2H3,(H,54,55)/b15-13-,19-18-. The van der Waals surface area contributed by atoms with Crippen LogP contribution < -0.4 is 0 Å². The van der Waals surface area contributed by atoms with Crippen LogP contribution in [0.3, 0.4) is 0 Å². The number of carbonyl (C=O) groups is 2. The zero-order chi connectivity index (χ0) is 44.3. The maximum atomic E-state index is 12.8. The van der Waals surface area contributed by atoms with Crippen molar-refractivity contribution in [2.24, 2.45) is 0 Å². The zero-order valence-corrected chi connectivity index (χ0v) is 38.2. The van der Waals surface area contributed by atoms with Crippen LogP contribution in [-0.2, 0) is 32.7 Å². The molecule has 0 aromatic rings. The number of carbonyl (C=O) groups excluding carboxylic acids is 2. The number of hydrogen-bond donors (Lipinski definition) is 6. The number of rotatable bonds is 39. The van der Waals surface area contributed by atoms with Crippen LogP contribution in [0.5, 0.6) is 0 Å². The van der Waals surface area contributed by atoms with Gasteiger partial charge in [0, 0.05) is 12.8 Å². The first-order valence-electron chi connectivity index (χ1n) is 23.6. The Morgan fingerprint density at radius 1 is 0.517 bits per heavy atom. The monoisotopic (exact) mass is 877 g/mol. The summed E-state index contributed by atoms with van der Waals surface area (Å²) < 4.78 is 33.5. The van der Waals surface area contributed by atoms with Crippen LogP contribution in [-0.4, -0.2) is 98.3 Å². The van der Waals surface area contributed by atoms with Crippen molar-refractivity contribution in [2.45, 2.75) is 243 Å². The Morgan fingerprint density at radius 2 is 0.900 bits per heavy atom. The van der Waals surface area contributed by atoms with E-state index in [0.29, 0.717) is 12.8 Å². The van der Waals surface area contributed by atoms with Crippen molar-refractivity contribution in [1.82, 2.24) is 0 Å². The van der Waals surface area contributed by atoms with Crippen molar-refractivity contribution in [1.29, 1.82) is 0 Å². The highest BCUT2D eigenvalue weighted by Gasteiger charge is 2.51. The lowest BCUT2D eigenvalue weighted by molar-refractivity contribution is -0.220. The predicted molar refractivity (Wildman–Crippen MR) is 235 cm³/mol. The first kappa shape index (κ1) is 56.3. The second kappa shape index (κ2) is 36.8. The van der Waals surface area contributed by atoms with Crippen molar-refractivity contribution in [2.75, 3.05) is 13.2 Å². The molecular weight excluding hydrogens is 791 g/mol. The van der Waals surface area contributed by atoms with Gasteiger partial charge in [0.25, 0.3) is 0 Å². The van der Waals surface area contributed by atoms with E-state index in [-0.39, 0.29) is 12.8 Å². The number of unbranched alkanes of at least 4 members (excludes halogenated alkanes) is 23. The summed E-state index contributed by atoms with van der Waals surface area (Å²) in [6.07, 6.45) is 26.5. The highest BCUT2D eigenvalue weighted by molar-refractivity contribution is 7.47. The van der Waals surface area contributed by atoms with Crippen LogP contribution in [0.1, 0.15) is 200 Å². The van der Waals surface area contributed by atoms with Gasteiger partial charge in [0.05, 0.1) is 6.61 Å². The quantitative estimate of drug-likeness (QED) is 0.0147. The average Bonchev–Trinajstić information content (AvgIpc) is 3.23. The Kier molecular flexibility index (Phi) is 34.5. The van der Waals surface area contributed by atoms with Gasteiger partial charge in [-0.15, -0.1) is 0 Å².